The van der Waals surface area contributed by atoms with E-state index >= 15 is 0 Å². The molecule has 0 fully saturated rings. The lowest BCUT2D eigenvalue weighted by atomic mass is 10.2. The van der Waals surface area contributed by atoms with Gasteiger partial charge in [0.05, 0.1) is 12.2 Å². The first kappa shape index (κ1) is 13.4. The largest absolute Gasteiger partial charge is 0.462 e. The Labute approximate surface area is 115 Å². The highest BCUT2D eigenvalue weighted by molar-refractivity contribution is 7.99. The molecule has 0 aliphatic heterocycles. The van der Waals surface area contributed by atoms with E-state index in [-0.39, 0.29) is 5.97 Å². The molecule has 2 rings (SSSR count). The average molecular weight is 275 g/mol. The van der Waals surface area contributed by atoms with Crippen LogP contribution in [0, 0.1) is 0 Å². The van der Waals surface area contributed by atoms with E-state index in [2.05, 4.69) is 9.97 Å². The van der Waals surface area contributed by atoms with Gasteiger partial charge in [0.25, 0.3) is 0 Å². The summed E-state index contributed by atoms with van der Waals surface area (Å²) >= 11 is 1.37. The van der Waals surface area contributed by atoms with Crippen LogP contribution >= 0.6 is 11.8 Å². The standard InChI is InChI=1S/C13H13N3O2S/c1-2-18-13(17)10-7-9(14)3-4-11(10)19-12-5-6-15-8-16-12/h3-8H,2,14H2,1H3. The quantitative estimate of drug-likeness (QED) is 0.524. The van der Waals surface area contributed by atoms with Crippen molar-refractivity contribution < 1.29 is 9.53 Å². The molecule has 0 saturated carbocycles. The molecule has 1 heterocycles. The number of nitrogen functional groups attached to an aromatic ring is 1. The lowest BCUT2D eigenvalue weighted by Gasteiger charge is -2.08. The zero-order valence-electron chi connectivity index (χ0n) is 10.4. The number of aromatic nitrogens is 2. The first-order valence-electron chi connectivity index (χ1n) is 5.71. The van der Waals surface area contributed by atoms with E-state index in [4.69, 9.17) is 10.5 Å². The molecule has 0 amide bonds. The summed E-state index contributed by atoms with van der Waals surface area (Å²) in [5, 5.41) is 0.755. The summed E-state index contributed by atoms with van der Waals surface area (Å²) in [6, 6.07) is 6.91. The topological polar surface area (TPSA) is 78.1 Å². The molecule has 2 aromatic rings. The highest BCUT2D eigenvalue weighted by Crippen LogP contribution is 2.30. The van der Waals surface area contributed by atoms with E-state index in [0.717, 1.165) is 9.92 Å². The molecule has 0 atom stereocenters. The number of esters is 1. The molecule has 19 heavy (non-hydrogen) atoms. The minimum absolute atomic E-state index is 0.325. The highest BCUT2D eigenvalue weighted by atomic mass is 32.2. The molecular weight excluding hydrogens is 262 g/mol. The summed E-state index contributed by atoms with van der Waals surface area (Å²) in [4.78, 5) is 20.6. The highest BCUT2D eigenvalue weighted by Gasteiger charge is 2.14. The number of nitrogens with zero attached hydrogens (tertiary/aromatic N) is 2. The van der Waals surface area contributed by atoms with Crippen molar-refractivity contribution in [3.63, 3.8) is 0 Å². The lowest BCUT2D eigenvalue weighted by molar-refractivity contribution is 0.0522. The molecule has 2 N–H and O–H groups in total. The van der Waals surface area contributed by atoms with Crippen LogP contribution in [-0.2, 0) is 4.74 Å². The summed E-state index contributed by atoms with van der Waals surface area (Å²) in [6.45, 7) is 2.09. The van der Waals surface area contributed by atoms with Crippen LogP contribution in [0.15, 0.2) is 46.7 Å². The zero-order valence-corrected chi connectivity index (χ0v) is 11.2. The Hall–Kier alpha value is -2.08. The van der Waals surface area contributed by atoms with Gasteiger partial charge in [0.15, 0.2) is 0 Å². The maximum Gasteiger partial charge on any atom is 0.339 e. The van der Waals surface area contributed by atoms with Gasteiger partial charge in [0, 0.05) is 16.8 Å². The van der Waals surface area contributed by atoms with Crippen molar-refractivity contribution in [1.29, 1.82) is 0 Å². The fourth-order valence-corrected chi connectivity index (χ4v) is 2.30. The number of hydrogen-bond acceptors (Lipinski definition) is 6. The van der Waals surface area contributed by atoms with Gasteiger partial charge >= 0.3 is 5.97 Å². The van der Waals surface area contributed by atoms with Crippen LogP contribution in [0.2, 0.25) is 0 Å². The van der Waals surface area contributed by atoms with Crippen LogP contribution in [0.5, 0.6) is 0 Å². The van der Waals surface area contributed by atoms with Gasteiger partial charge in [0.1, 0.15) is 11.4 Å². The molecule has 0 radical (unpaired) electrons. The van der Waals surface area contributed by atoms with Crippen LogP contribution in [0.4, 0.5) is 5.69 Å². The normalized spacial score (nSPS) is 10.2. The molecule has 0 spiro atoms. The molecule has 0 aliphatic carbocycles. The summed E-state index contributed by atoms with van der Waals surface area (Å²) in [5.74, 6) is -0.383. The molecule has 1 aromatic carbocycles. The Morgan fingerprint density at radius 1 is 1.42 bits per heavy atom. The second kappa shape index (κ2) is 6.19. The predicted molar refractivity (Wildman–Crippen MR) is 73.0 cm³/mol. The Bertz CT molecular complexity index is 575. The maximum atomic E-state index is 11.9. The van der Waals surface area contributed by atoms with Crippen LogP contribution in [0.3, 0.4) is 0 Å². The number of carbonyl (C=O) groups excluding carboxylic acids is 1. The van der Waals surface area contributed by atoms with E-state index in [9.17, 15) is 4.79 Å². The van der Waals surface area contributed by atoms with E-state index in [0.29, 0.717) is 17.9 Å². The Balaban J connectivity index is 2.32. The SMILES string of the molecule is CCOC(=O)c1cc(N)ccc1Sc1ccncn1. The number of ether oxygens (including phenoxy) is 1. The summed E-state index contributed by atoms with van der Waals surface area (Å²) in [5.41, 5.74) is 6.68. The Morgan fingerprint density at radius 2 is 2.26 bits per heavy atom. The Kier molecular flexibility index (Phi) is 4.35. The van der Waals surface area contributed by atoms with E-state index in [1.807, 2.05) is 0 Å². The predicted octanol–water partition coefficient (Wildman–Crippen LogP) is 2.39. The fraction of sp³-hybridized carbons (Fsp3) is 0.154. The molecule has 0 bridgehead atoms. The van der Waals surface area contributed by atoms with Gasteiger partial charge in [-0.15, -0.1) is 0 Å². The number of hydrogen-bond donors (Lipinski definition) is 1. The van der Waals surface area contributed by atoms with Gasteiger partial charge in [-0.3, -0.25) is 0 Å². The molecule has 6 heteroatoms. The van der Waals surface area contributed by atoms with E-state index in [1.54, 1.807) is 37.4 Å². The van der Waals surface area contributed by atoms with Crippen LogP contribution in [0.1, 0.15) is 17.3 Å². The summed E-state index contributed by atoms with van der Waals surface area (Å²) < 4.78 is 5.02. The zero-order chi connectivity index (χ0) is 13.7. The monoisotopic (exact) mass is 275 g/mol. The van der Waals surface area contributed by atoms with E-state index in [1.165, 1.54) is 18.1 Å². The minimum atomic E-state index is -0.383. The number of rotatable bonds is 4. The molecule has 1 aromatic heterocycles. The lowest BCUT2D eigenvalue weighted by Crippen LogP contribution is -2.07. The summed E-state index contributed by atoms with van der Waals surface area (Å²) in [6.07, 6.45) is 3.11. The van der Waals surface area contributed by atoms with Crippen LogP contribution in [0.25, 0.3) is 0 Å². The van der Waals surface area contributed by atoms with Crippen LogP contribution < -0.4 is 5.73 Å². The number of nitrogens with two attached hydrogens (primary N) is 1. The van der Waals surface area contributed by atoms with Gasteiger partial charge in [-0.2, -0.15) is 0 Å². The van der Waals surface area contributed by atoms with Gasteiger partial charge in [-0.25, -0.2) is 14.8 Å². The van der Waals surface area contributed by atoms with Gasteiger partial charge in [0.2, 0.25) is 0 Å². The van der Waals surface area contributed by atoms with Crippen molar-refractivity contribution in [2.45, 2.75) is 16.8 Å². The van der Waals surface area contributed by atoms with Gasteiger partial charge < -0.3 is 10.5 Å². The first-order chi connectivity index (χ1) is 9.20. The van der Waals surface area contributed by atoms with Crippen molar-refractivity contribution >= 4 is 23.4 Å². The summed E-state index contributed by atoms with van der Waals surface area (Å²) in [7, 11) is 0. The van der Waals surface area contributed by atoms with Gasteiger partial charge in [-0.05, 0) is 31.2 Å². The van der Waals surface area contributed by atoms with Crippen molar-refractivity contribution in [1.82, 2.24) is 9.97 Å². The molecule has 0 aliphatic rings. The number of carbonyl (C=O) groups is 1. The van der Waals surface area contributed by atoms with Crippen molar-refractivity contribution in [2.24, 2.45) is 0 Å². The second-order valence-electron chi connectivity index (χ2n) is 3.63. The molecule has 5 nitrogen and oxygen atoms in total. The van der Waals surface area contributed by atoms with Crippen LogP contribution in [-0.4, -0.2) is 22.5 Å². The molecule has 0 unspecified atom stereocenters. The van der Waals surface area contributed by atoms with Crippen molar-refractivity contribution in [3.8, 4) is 0 Å². The first-order valence-corrected chi connectivity index (χ1v) is 6.53. The minimum Gasteiger partial charge on any atom is -0.462 e. The van der Waals surface area contributed by atoms with E-state index < -0.39 is 0 Å². The van der Waals surface area contributed by atoms with Crippen molar-refractivity contribution in [3.05, 3.63) is 42.4 Å². The number of benzene rings is 1. The van der Waals surface area contributed by atoms with Crippen molar-refractivity contribution in [2.75, 3.05) is 12.3 Å². The third-order valence-corrected chi connectivity index (χ3v) is 3.29. The number of anilines is 1. The van der Waals surface area contributed by atoms with Gasteiger partial charge in [-0.1, -0.05) is 11.8 Å². The molecular formula is C13H13N3O2S. The third kappa shape index (κ3) is 3.45. The second-order valence-corrected chi connectivity index (χ2v) is 4.69. The smallest absolute Gasteiger partial charge is 0.339 e. The molecule has 0 saturated heterocycles. The fourth-order valence-electron chi connectivity index (χ4n) is 1.46. The Morgan fingerprint density at radius 3 is 2.95 bits per heavy atom. The maximum absolute atomic E-state index is 11.9. The molecule has 98 valence electrons. The average Bonchev–Trinajstić information content (AvgIpc) is 2.42. The third-order valence-electron chi connectivity index (χ3n) is 2.27.